The average molecular weight is 287 g/mol. The predicted molar refractivity (Wildman–Crippen MR) is 82.9 cm³/mol. The highest BCUT2D eigenvalue weighted by Gasteiger charge is 2.41. The van der Waals surface area contributed by atoms with E-state index in [2.05, 4.69) is 17.0 Å². The van der Waals surface area contributed by atoms with E-state index in [9.17, 15) is 4.79 Å². The molecule has 3 nitrogen and oxygen atoms in total. The topological polar surface area (TPSA) is 29.5 Å². The number of fused-ring (bicyclic) bond motifs is 1. The van der Waals surface area contributed by atoms with Crippen LogP contribution in [0, 0.1) is 5.92 Å². The van der Waals surface area contributed by atoms with E-state index in [1.165, 1.54) is 32.1 Å². The molecule has 0 aromatic heterocycles. The van der Waals surface area contributed by atoms with Crippen LogP contribution in [0.25, 0.3) is 0 Å². The van der Waals surface area contributed by atoms with Gasteiger partial charge in [0.15, 0.2) is 0 Å². The van der Waals surface area contributed by atoms with E-state index in [4.69, 9.17) is 4.74 Å². The summed E-state index contributed by atoms with van der Waals surface area (Å²) in [6.45, 7) is 3.35. The molecule has 3 rings (SSSR count). The first-order valence-electron chi connectivity index (χ1n) is 8.28. The lowest BCUT2D eigenvalue weighted by Crippen LogP contribution is -2.47. The van der Waals surface area contributed by atoms with E-state index in [1.54, 1.807) is 0 Å². The van der Waals surface area contributed by atoms with Gasteiger partial charge in [0.1, 0.15) is 6.04 Å². The summed E-state index contributed by atoms with van der Waals surface area (Å²) in [6.07, 6.45) is 6.38. The van der Waals surface area contributed by atoms with Gasteiger partial charge in [0.25, 0.3) is 0 Å². The lowest BCUT2D eigenvalue weighted by molar-refractivity contribution is -0.152. The predicted octanol–water partition coefficient (Wildman–Crippen LogP) is 3.56. The zero-order valence-corrected chi connectivity index (χ0v) is 12.8. The number of rotatable bonds is 4. The Kier molecular flexibility index (Phi) is 4.59. The summed E-state index contributed by atoms with van der Waals surface area (Å²) in [5.74, 6) is 0.690. The van der Waals surface area contributed by atoms with Gasteiger partial charge in [-0.3, -0.25) is 4.90 Å². The zero-order chi connectivity index (χ0) is 14.7. The Morgan fingerprint density at radius 2 is 2.00 bits per heavy atom. The van der Waals surface area contributed by atoms with Crippen molar-refractivity contribution in [2.75, 3.05) is 13.2 Å². The van der Waals surface area contributed by atoms with Crippen LogP contribution in [0.4, 0.5) is 0 Å². The van der Waals surface area contributed by atoms with Crippen LogP contribution < -0.4 is 0 Å². The molecule has 1 aliphatic heterocycles. The summed E-state index contributed by atoms with van der Waals surface area (Å²) in [4.78, 5) is 15.0. The summed E-state index contributed by atoms with van der Waals surface area (Å²) in [5, 5.41) is 0. The lowest BCUT2D eigenvalue weighted by Gasteiger charge is -2.41. The third-order valence-electron chi connectivity index (χ3n) is 4.99. The number of esters is 1. The van der Waals surface area contributed by atoms with Crippen molar-refractivity contribution in [3.05, 3.63) is 35.9 Å². The van der Waals surface area contributed by atoms with Crippen LogP contribution in [0.3, 0.4) is 0 Å². The van der Waals surface area contributed by atoms with Crippen LogP contribution in [-0.2, 0) is 9.53 Å². The molecule has 3 heteroatoms. The van der Waals surface area contributed by atoms with Gasteiger partial charge in [-0.15, -0.1) is 0 Å². The molecule has 114 valence electrons. The Morgan fingerprint density at radius 3 is 2.76 bits per heavy atom. The first kappa shape index (κ1) is 14.6. The van der Waals surface area contributed by atoms with Crippen molar-refractivity contribution < 1.29 is 9.53 Å². The van der Waals surface area contributed by atoms with Crippen molar-refractivity contribution in [1.29, 1.82) is 0 Å². The number of hydrogen-bond donors (Lipinski definition) is 0. The summed E-state index contributed by atoms with van der Waals surface area (Å²) >= 11 is 0. The SMILES string of the molecule is CCOC(=O)C(c1ccccc1)N1CCCC2CCCC21. The second-order valence-electron chi connectivity index (χ2n) is 6.20. The van der Waals surface area contributed by atoms with Gasteiger partial charge in [0.05, 0.1) is 6.61 Å². The van der Waals surface area contributed by atoms with Crippen LogP contribution in [-0.4, -0.2) is 30.1 Å². The maximum Gasteiger partial charge on any atom is 0.328 e. The molecule has 1 aromatic rings. The van der Waals surface area contributed by atoms with Crippen molar-refractivity contribution in [2.24, 2.45) is 5.92 Å². The van der Waals surface area contributed by atoms with Crippen LogP contribution in [0.1, 0.15) is 50.6 Å². The number of likely N-dealkylation sites (tertiary alicyclic amines) is 1. The molecule has 1 aromatic carbocycles. The second kappa shape index (κ2) is 6.61. The molecule has 1 saturated carbocycles. The van der Waals surface area contributed by atoms with Crippen LogP contribution in [0.5, 0.6) is 0 Å². The van der Waals surface area contributed by atoms with Crippen molar-refractivity contribution in [3.63, 3.8) is 0 Å². The van der Waals surface area contributed by atoms with Crippen molar-refractivity contribution >= 4 is 5.97 Å². The molecule has 0 radical (unpaired) electrons. The minimum absolute atomic E-state index is 0.0868. The standard InChI is InChI=1S/C18H25NO2/c1-2-21-18(20)17(15-8-4-3-5-9-15)19-13-7-11-14-10-6-12-16(14)19/h3-5,8-9,14,16-17H,2,6-7,10-13H2,1H3. The number of piperidine rings is 1. The molecule has 0 bridgehead atoms. The second-order valence-corrected chi connectivity index (χ2v) is 6.20. The van der Waals surface area contributed by atoms with E-state index in [-0.39, 0.29) is 12.0 Å². The Balaban J connectivity index is 1.89. The molecule has 3 unspecified atom stereocenters. The number of benzene rings is 1. The fourth-order valence-corrected chi connectivity index (χ4v) is 4.13. The quantitative estimate of drug-likeness (QED) is 0.793. The lowest BCUT2D eigenvalue weighted by atomic mass is 9.89. The molecule has 0 N–H and O–H groups in total. The summed E-state index contributed by atoms with van der Waals surface area (Å²) < 4.78 is 5.38. The fourth-order valence-electron chi connectivity index (χ4n) is 4.13. The van der Waals surface area contributed by atoms with Gasteiger partial charge in [-0.1, -0.05) is 36.8 Å². The van der Waals surface area contributed by atoms with Crippen molar-refractivity contribution in [1.82, 2.24) is 4.90 Å². The molecule has 0 spiro atoms. The van der Waals surface area contributed by atoms with Gasteiger partial charge >= 0.3 is 5.97 Å². The Morgan fingerprint density at radius 1 is 1.24 bits per heavy atom. The molecule has 21 heavy (non-hydrogen) atoms. The number of nitrogens with zero attached hydrogens (tertiary/aromatic N) is 1. The molecular formula is C18H25NO2. The summed E-state index contributed by atoms with van der Waals surface area (Å²) in [5.41, 5.74) is 1.07. The Hall–Kier alpha value is -1.35. The highest BCUT2D eigenvalue weighted by molar-refractivity contribution is 5.77. The molecule has 2 aliphatic rings. The highest BCUT2D eigenvalue weighted by Crippen LogP contribution is 2.41. The first-order chi connectivity index (χ1) is 10.3. The first-order valence-corrected chi connectivity index (χ1v) is 8.28. The van der Waals surface area contributed by atoms with E-state index >= 15 is 0 Å². The van der Waals surface area contributed by atoms with E-state index in [1.807, 2.05) is 25.1 Å². The summed E-state index contributed by atoms with van der Waals surface area (Å²) in [7, 11) is 0. The smallest absolute Gasteiger partial charge is 0.328 e. The maximum absolute atomic E-state index is 12.6. The Labute approximate surface area is 127 Å². The third kappa shape index (κ3) is 2.98. The number of carbonyl (C=O) groups excluding carboxylic acids is 1. The third-order valence-corrected chi connectivity index (χ3v) is 4.99. The average Bonchev–Trinajstić information content (AvgIpc) is 2.98. The monoisotopic (exact) mass is 287 g/mol. The molecule has 1 aliphatic carbocycles. The van der Waals surface area contributed by atoms with Gasteiger partial charge in [0, 0.05) is 6.04 Å². The highest BCUT2D eigenvalue weighted by atomic mass is 16.5. The molecule has 1 heterocycles. The van der Waals surface area contributed by atoms with Crippen molar-refractivity contribution in [2.45, 2.75) is 51.1 Å². The van der Waals surface area contributed by atoms with Gasteiger partial charge < -0.3 is 4.74 Å². The Bertz CT molecular complexity index is 473. The van der Waals surface area contributed by atoms with Crippen LogP contribution in [0.2, 0.25) is 0 Å². The molecule has 1 saturated heterocycles. The van der Waals surface area contributed by atoms with Gasteiger partial charge in [0.2, 0.25) is 0 Å². The van der Waals surface area contributed by atoms with E-state index in [0.717, 1.165) is 18.0 Å². The van der Waals surface area contributed by atoms with E-state index in [0.29, 0.717) is 12.6 Å². The van der Waals surface area contributed by atoms with Gasteiger partial charge in [-0.2, -0.15) is 0 Å². The minimum atomic E-state index is -0.225. The number of hydrogen-bond acceptors (Lipinski definition) is 3. The van der Waals surface area contributed by atoms with Crippen molar-refractivity contribution in [3.8, 4) is 0 Å². The van der Waals surface area contributed by atoms with Gasteiger partial charge in [-0.05, 0) is 50.6 Å². The van der Waals surface area contributed by atoms with Crippen LogP contribution >= 0.6 is 0 Å². The largest absolute Gasteiger partial charge is 0.465 e. The van der Waals surface area contributed by atoms with Gasteiger partial charge in [-0.25, -0.2) is 4.79 Å². The summed E-state index contributed by atoms with van der Waals surface area (Å²) in [6, 6.07) is 10.5. The van der Waals surface area contributed by atoms with E-state index < -0.39 is 0 Å². The minimum Gasteiger partial charge on any atom is -0.465 e. The fraction of sp³-hybridized carbons (Fsp3) is 0.611. The molecule has 0 amide bonds. The number of ether oxygens (including phenoxy) is 1. The zero-order valence-electron chi connectivity index (χ0n) is 12.8. The normalized spacial score (nSPS) is 27.1. The molecule has 3 atom stereocenters. The number of carbonyl (C=O) groups is 1. The molecule has 2 fully saturated rings. The van der Waals surface area contributed by atoms with Crippen LogP contribution in [0.15, 0.2) is 30.3 Å². The molecular weight excluding hydrogens is 262 g/mol. The maximum atomic E-state index is 12.6.